The summed E-state index contributed by atoms with van der Waals surface area (Å²) in [6.45, 7) is 6.39. The van der Waals surface area contributed by atoms with Crippen LogP contribution in [0.3, 0.4) is 0 Å². The van der Waals surface area contributed by atoms with Gasteiger partial charge >= 0.3 is 6.18 Å². The lowest BCUT2D eigenvalue weighted by molar-refractivity contribution is -0.176. The molecule has 0 N–H and O–H groups in total. The minimum absolute atomic E-state index is 0.266. The zero-order chi connectivity index (χ0) is 20.9. The maximum atomic E-state index is 13.2. The van der Waals surface area contributed by atoms with Crippen LogP contribution in [-0.4, -0.2) is 23.7 Å². The Kier molecular flexibility index (Phi) is 7.39. The molecule has 1 fully saturated rings. The first kappa shape index (κ1) is 21.9. The van der Waals surface area contributed by atoms with Gasteiger partial charge in [-0.1, -0.05) is 61.0 Å². The van der Waals surface area contributed by atoms with E-state index in [0.717, 1.165) is 31.5 Å². The van der Waals surface area contributed by atoms with Crippen LogP contribution in [0.2, 0.25) is 0 Å². The van der Waals surface area contributed by atoms with Crippen LogP contribution in [0.15, 0.2) is 54.6 Å². The first-order valence-electron chi connectivity index (χ1n) is 10.8. The molecule has 0 bridgehead atoms. The number of hydrogen-bond acceptors (Lipinski definition) is 1. The van der Waals surface area contributed by atoms with E-state index in [1.807, 2.05) is 30.3 Å². The molecule has 0 radical (unpaired) electrons. The largest absolute Gasteiger partial charge is 0.392 e. The lowest BCUT2D eigenvalue weighted by Crippen LogP contribution is -2.31. The van der Waals surface area contributed by atoms with Gasteiger partial charge in [0.1, 0.15) is 0 Å². The second kappa shape index (κ2) is 9.80. The molecule has 0 amide bonds. The van der Waals surface area contributed by atoms with Crippen molar-refractivity contribution in [2.45, 2.75) is 70.6 Å². The summed E-state index contributed by atoms with van der Waals surface area (Å²) < 4.78 is 39.7. The highest BCUT2D eigenvalue weighted by Gasteiger charge is 2.47. The fraction of sp³-hybridized carbons (Fsp3) is 0.520. The second-order valence-electron chi connectivity index (χ2n) is 8.58. The van der Waals surface area contributed by atoms with Crippen molar-refractivity contribution in [2.24, 2.45) is 5.92 Å². The minimum Gasteiger partial charge on any atom is -0.297 e. The molecular formula is C25H32F3N. The molecule has 2 aromatic rings. The maximum Gasteiger partial charge on any atom is 0.392 e. The predicted octanol–water partition coefficient (Wildman–Crippen LogP) is 6.98. The molecule has 0 saturated heterocycles. The van der Waals surface area contributed by atoms with Gasteiger partial charge < -0.3 is 0 Å². The van der Waals surface area contributed by atoms with E-state index in [0.29, 0.717) is 18.9 Å². The molecule has 0 spiro atoms. The molecular weight excluding hydrogens is 371 g/mol. The van der Waals surface area contributed by atoms with E-state index in [4.69, 9.17) is 0 Å². The molecule has 4 heteroatoms. The van der Waals surface area contributed by atoms with E-state index in [-0.39, 0.29) is 12.3 Å². The number of hydrogen-bond donors (Lipinski definition) is 0. The fourth-order valence-electron chi connectivity index (χ4n) is 4.51. The summed E-state index contributed by atoms with van der Waals surface area (Å²) in [5, 5.41) is 0. The molecule has 1 saturated carbocycles. The molecule has 1 nitrogen and oxygen atoms in total. The topological polar surface area (TPSA) is 3.24 Å². The Balaban J connectivity index is 1.53. The molecule has 0 aliphatic heterocycles. The molecule has 29 heavy (non-hydrogen) atoms. The number of halogens is 3. The van der Waals surface area contributed by atoms with Crippen molar-refractivity contribution in [1.29, 1.82) is 0 Å². The zero-order valence-electron chi connectivity index (χ0n) is 17.5. The SMILES string of the molecule is CC(C)N(CCCc1ccc(C2CCCC2C(F)(F)F)cc1)Cc1ccccc1. The Morgan fingerprint density at radius 2 is 1.62 bits per heavy atom. The molecule has 2 unspecified atom stereocenters. The standard InChI is InChI=1S/C25H32F3N/c1-19(2)29(18-21-8-4-3-5-9-21)17-7-10-20-13-15-22(16-14-20)23-11-6-12-24(23)25(26,27)28/h3-5,8-9,13-16,19,23-24H,6-7,10-12,17-18H2,1-2H3. The van der Waals surface area contributed by atoms with Crippen LogP contribution >= 0.6 is 0 Å². The number of alkyl halides is 3. The van der Waals surface area contributed by atoms with Gasteiger partial charge in [-0.15, -0.1) is 0 Å². The highest BCUT2D eigenvalue weighted by Crippen LogP contribution is 2.48. The van der Waals surface area contributed by atoms with E-state index in [2.05, 4.69) is 43.0 Å². The Morgan fingerprint density at radius 1 is 0.931 bits per heavy atom. The Bertz CT molecular complexity index is 737. The highest BCUT2D eigenvalue weighted by molar-refractivity contribution is 5.27. The zero-order valence-corrected chi connectivity index (χ0v) is 17.5. The van der Waals surface area contributed by atoms with E-state index in [1.54, 1.807) is 0 Å². The Hall–Kier alpha value is -1.81. The molecule has 0 heterocycles. The van der Waals surface area contributed by atoms with Crippen molar-refractivity contribution in [3.05, 3.63) is 71.3 Å². The van der Waals surface area contributed by atoms with Crippen molar-refractivity contribution in [1.82, 2.24) is 4.90 Å². The van der Waals surface area contributed by atoms with Crippen LogP contribution in [-0.2, 0) is 13.0 Å². The number of benzene rings is 2. The van der Waals surface area contributed by atoms with Crippen LogP contribution in [0, 0.1) is 5.92 Å². The summed E-state index contributed by atoms with van der Waals surface area (Å²) in [5.41, 5.74) is 3.38. The maximum absolute atomic E-state index is 13.2. The Morgan fingerprint density at radius 3 is 2.24 bits per heavy atom. The van der Waals surface area contributed by atoms with E-state index in [9.17, 15) is 13.2 Å². The van der Waals surface area contributed by atoms with Gasteiger partial charge in [0.25, 0.3) is 0 Å². The van der Waals surface area contributed by atoms with Crippen molar-refractivity contribution < 1.29 is 13.2 Å². The molecule has 1 aliphatic rings. The molecule has 158 valence electrons. The van der Waals surface area contributed by atoms with Gasteiger partial charge in [0.2, 0.25) is 0 Å². The molecule has 2 aromatic carbocycles. The third-order valence-corrected chi connectivity index (χ3v) is 6.21. The third kappa shape index (κ3) is 6.08. The first-order valence-corrected chi connectivity index (χ1v) is 10.8. The predicted molar refractivity (Wildman–Crippen MR) is 113 cm³/mol. The summed E-state index contributed by atoms with van der Waals surface area (Å²) in [6.07, 6.45) is -0.513. The summed E-state index contributed by atoms with van der Waals surface area (Å²) in [4.78, 5) is 2.47. The second-order valence-corrected chi connectivity index (χ2v) is 8.58. The average Bonchev–Trinajstić information content (AvgIpc) is 3.19. The van der Waals surface area contributed by atoms with Gasteiger partial charge in [-0.25, -0.2) is 0 Å². The van der Waals surface area contributed by atoms with E-state index < -0.39 is 12.1 Å². The van der Waals surface area contributed by atoms with Crippen molar-refractivity contribution in [2.75, 3.05) is 6.54 Å². The third-order valence-electron chi connectivity index (χ3n) is 6.21. The molecule has 3 rings (SSSR count). The van der Waals surface area contributed by atoms with Crippen molar-refractivity contribution >= 4 is 0 Å². The van der Waals surface area contributed by atoms with E-state index >= 15 is 0 Å². The van der Waals surface area contributed by atoms with Crippen LogP contribution in [0.25, 0.3) is 0 Å². The average molecular weight is 404 g/mol. The van der Waals surface area contributed by atoms with E-state index in [1.165, 1.54) is 11.1 Å². The summed E-state index contributed by atoms with van der Waals surface area (Å²) in [6, 6.07) is 18.9. The van der Waals surface area contributed by atoms with Gasteiger partial charge in [-0.2, -0.15) is 13.2 Å². The van der Waals surface area contributed by atoms with Gasteiger partial charge in [0.05, 0.1) is 5.92 Å². The summed E-state index contributed by atoms with van der Waals surface area (Å²) >= 11 is 0. The van der Waals surface area contributed by atoms with Crippen LogP contribution in [0.1, 0.15) is 62.1 Å². The lowest BCUT2D eigenvalue weighted by atomic mass is 9.88. The Labute approximate surface area is 172 Å². The summed E-state index contributed by atoms with van der Waals surface area (Å²) in [7, 11) is 0. The number of rotatable bonds is 8. The molecule has 2 atom stereocenters. The van der Waals surface area contributed by atoms with Crippen LogP contribution < -0.4 is 0 Å². The van der Waals surface area contributed by atoms with Crippen LogP contribution in [0.5, 0.6) is 0 Å². The smallest absolute Gasteiger partial charge is 0.297 e. The minimum atomic E-state index is -4.08. The molecule has 1 aliphatic carbocycles. The van der Waals surface area contributed by atoms with Gasteiger partial charge in [-0.05, 0) is 68.7 Å². The van der Waals surface area contributed by atoms with Crippen molar-refractivity contribution in [3.63, 3.8) is 0 Å². The monoisotopic (exact) mass is 403 g/mol. The van der Waals surface area contributed by atoms with Gasteiger partial charge in [-0.3, -0.25) is 4.90 Å². The molecule has 0 aromatic heterocycles. The van der Waals surface area contributed by atoms with Crippen molar-refractivity contribution in [3.8, 4) is 0 Å². The fourth-order valence-corrected chi connectivity index (χ4v) is 4.51. The van der Waals surface area contributed by atoms with Gasteiger partial charge in [0, 0.05) is 12.6 Å². The quantitative estimate of drug-likeness (QED) is 0.460. The normalized spacial score (nSPS) is 20.0. The van der Waals surface area contributed by atoms with Crippen LogP contribution in [0.4, 0.5) is 13.2 Å². The first-order chi connectivity index (χ1) is 13.8. The highest BCUT2D eigenvalue weighted by atomic mass is 19.4. The summed E-state index contributed by atoms with van der Waals surface area (Å²) in [5.74, 6) is -1.54. The number of aryl methyl sites for hydroxylation is 1. The van der Waals surface area contributed by atoms with Gasteiger partial charge in [0.15, 0.2) is 0 Å². The lowest BCUT2D eigenvalue weighted by Gasteiger charge is -2.26. The number of nitrogens with zero attached hydrogens (tertiary/aromatic N) is 1.